The van der Waals surface area contributed by atoms with Gasteiger partial charge >= 0.3 is 5.97 Å². The molecule has 0 unspecified atom stereocenters. The van der Waals surface area contributed by atoms with Crippen LogP contribution in [0.25, 0.3) is 11.3 Å². The zero-order valence-electron chi connectivity index (χ0n) is 15.4. The first-order chi connectivity index (χ1) is 13.0. The number of carbonyl (C=O) groups excluding carboxylic acids is 1. The number of carboxylic acid groups (broad SMARTS) is 1. The van der Waals surface area contributed by atoms with Crippen molar-refractivity contribution in [3.63, 3.8) is 0 Å². The summed E-state index contributed by atoms with van der Waals surface area (Å²) in [6.45, 7) is 3.90. The van der Waals surface area contributed by atoms with Crippen LogP contribution in [0.15, 0.2) is 60.7 Å². The Morgan fingerprint density at radius 1 is 0.963 bits per heavy atom. The quantitative estimate of drug-likeness (QED) is 0.691. The van der Waals surface area contributed by atoms with Crippen LogP contribution in [0.3, 0.4) is 0 Å². The summed E-state index contributed by atoms with van der Waals surface area (Å²) in [5.41, 5.74) is 8.07. The Hall–Kier alpha value is -3.34. The second kappa shape index (κ2) is 7.91. The van der Waals surface area contributed by atoms with Crippen LogP contribution in [0.5, 0.6) is 0 Å². The van der Waals surface area contributed by atoms with E-state index in [9.17, 15) is 9.59 Å². The Morgan fingerprint density at radius 2 is 1.67 bits per heavy atom. The lowest BCUT2D eigenvalue weighted by Crippen LogP contribution is -2.26. The van der Waals surface area contributed by atoms with Crippen molar-refractivity contribution in [3.05, 3.63) is 83.0 Å². The van der Waals surface area contributed by atoms with E-state index in [4.69, 9.17) is 5.11 Å². The molecular weight excluding hydrogens is 340 g/mol. The number of rotatable bonds is 6. The van der Waals surface area contributed by atoms with Crippen molar-refractivity contribution in [1.29, 1.82) is 0 Å². The van der Waals surface area contributed by atoms with E-state index in [-0.39, 0.29) is 12.3 Å². The molecule has 5 nitrogen and oxygen atoms in total. The van der Waals surface area contributed by atoms with Gasteiger partial charge in [-0.25, -0.2) is 0 Å². The molecule has 0 aliphatic heterocycles. The molecule has 0 saturated carbocycles. The Morgan fingerprint density at radius 3 is 2.33 bits per heavy atom. The second-order valence-corrected chi connectivity index (χ2v) is 6.56. The van der Waals surface area contributed by atoms with Crippen LogP contribution in [-0.4, -0.2) is 21.7 Å². The predicted octanol–water partition coefficient (Wildman–Crippen LogP) is 4.17. The Labute approximate surface area is 158 Å². The molecular formula is C22H22N2O3. The third-order valence-corrected chi connectivity index (χ3v) is 4.51. The van der Waals surface area contributed by atoms with Gasteiger partial charge in [-0.05, 0) is 37.6 Å². The molecule has 3 aromatic rings. The van der Waals surface area contributed by atoms with Crippen molar-refractivity contribution >= 4 is 11.9 Å². The highest BCUT2D eigenvalue weighted by atomic mass is 16.4. The van der Waals surface area contributed by atoms with E-state index < -0.39 is 5.97 Å². The highest BCUT2D eigenvalue weighted by Gasteiger charge is 2.15. The molecule has 0 saturated heterocycles. The van der Waals surface area contributed by atoms with Gasteiger partial charge in [0.2, 0.25) is 0 Å². The van der Waals surface area contributed by atoms with E-state index in [0.717, 1.165) is 28.1 Å². The first-order valence-corrected chi connectivity index (χ1v) is 8.82. The van der Waals surface area contributed by atoms with E-state index in [1.807, 2.05) is 68.4 Å². The predicted molar refractivity (Wildman–Crippen MR) is 105 cm³/mol. The molecule has 0 aliphatic carbocycles. The van der Waals surface area contributed by atoms with E-state index in [2.05, 4.69) is 5.43 Å². The van der Waals surface area contributed by atoms with Crippen LogP contribution < -0.4 is 5.43 Å². The van der Waals surface area contributed by atoms with Gasteiger partial charge in [0, 0.05) is 23.2 Å². The molecule has 0 fully saturated rings. The number of benzene rings is 2. The third kappa shape index (κ3) is 4.26. The average molecular weight is 362 g/mol. The molecule has 27 heavy (non-hydrogen) atoms. The van der Waals surface area contributed by atoms with Crippen molar-refractivity contribution < 1.29 is 14.7 Å². The van der Waals surface area contributed by atoms with Crippen LogP contribution in [-0.2, 0) is 11.2 Å². The van der Waals surface area contributed by atoms with Gasteiger partial charge in [0.1, 0.15) is 0 Å². The fourth-order valence-corrected chi connectivity index (χ4v) is 2.98. The van der Waals surface area contributed by atoms with Crippen molar-refractivity contribution in [3.8, 4) is 11.3 Å². The summed E-state index contributed by atoms with van der Waals surface area (Å²) >= 11 is 0. The van der Waals surface area contributed by atoms with Gasteiger partial charge in [0.15, 0.2) is 0 Å². The fraction of sp³-hybridized carbons (Fsp3) is 0.182. The molecule has 138 valence electrons. The molecule has 0 radical (unpaired) electrons. The summed E-state index contributed by atoms with van der Waals surface area (Å²) in [6, 6.07) is 19.1. The number of nitrogens with one attached hydrogen (secondary N) is 1. The largest absolute Gasteiger partial charge is 0.481 e. The van der Waals surface area contributed by atoms with E-state index >= 15 is 0 Å². The molecule has 1 amide bonds. The molecule has 2 aromatic carbocycles. The zero-order valence-corrected chi connectivity index (χ0v) is 15.4. The molecule has 1 heterocycles. The second-order valence-electron chi connectivity index (χ2n) is 6.56. The number of carbonyl (C=O) groups is 2. The topological polar surface area (TPSA) is 71.3 Å². The first-order valence-electron chi connectivity index (χ1n) is 8.82. The van der Waals surface area contributed by atoms with Crippen LogP contribution in [0, 0.1) is 13.8 Å². The monoisotopic (exact) mass is 362 g/mol. The molecule has 3 rings (SSSR count). The standard InChI is InChI=1S/C22H22N2O3/c1-15-7-9-17(10-8-15)20-13-11-18(12-14-21(25)26)24(20)23-22(27)19-6-4-3-5-16(19)2/h3-11,13H,12,14H2,1-2H3,(H,23,27)(H,25,26). The van der Waals surface area contributed by atoms with Gasteiger partial charge in [-0.2, -0.15) is 0 Å². The fourth-order valence-electron chi connectivity index (χ4n) is 2.98. The maximum atomic E-state index is 12.8. The van der Waals surface area contributed by atoms with Crippen LogP contribution >= 0.6 is 0 Å². The summed E-state index contributed by atoms with van der Waals surface area (Å²) in [7, 11) is 0. The molecule has 0 bridgehead atoms. The van der Waals surface area contributed by atoms with Crippen molar-refractivity contribution in [1.82, 2.24) is 4.68 Å². The van der Waals surface area contributed by atoms with Crippen LogP contribution in [0.2, 0.25) is 0 Å². The SMILES string of the molecule is Cc1ccc(-c2ccc(CCC(=O)O)n2NC(=O)c2ccccc2C)cc1. The minimum Gasteiger partial charge on any atom is -0.481 e. The summed E-state index contributed by atoms with van der Waals surface area (Å²) < 4.78 is 1.70. The summed E-state index contributed by atoms with van der Waals surface area (Å²) in [5, 5.41) is 9.02. The van der Waals surface area contributed by atoms with Crippen molar-refractivity contribution in [2.75, 3.05) is 5.43 Å². The van der Waals surface area contributed by atoms with Gasteiger partial charge in [0.25, 0.3) is 5.91 Å². The van der Waals surface area contributed by atoms with Gasteiger partial charge in [-0.15, -0.1) is 0 Å². The average Bonchev–Trinajstić information content (AvgIpc) is 3.03. The third-order valence-electron chi connectivity index (χ3n) is 4.51. The molecule has 0 aliphatic rings. The minimum atomic E-state index is -0.870. The van der Waals surface area contributed by atoms with Gasteiger partial charge in [-0.1, -0.05) is 48.0 Å². The first kappa shape index (κ1) is 18.5. The number of carboxylic acids is 1. The van der Waals surface area contributed by atoms with Gasteiger partial charge in [0.05, 0.1) is 12.1 Å². The maximum absolute atomic E-state index is 12.8. The zero-order chi connectivity index (χ0) is 19.4. The van der Waals surface area contributed by atoms with E-state index in [1.165, 1.54) is 0 Å². The maximum Gasteiger partial charge on any atom is 0.303 e. The van der Waals surface area contributed by atoms with Crippen molar-refractivity contribution in [2.45, 2.75) is 26.7 Å². The normalized spacial score (nSPS) is 10.6. The minimum absolute atomic E-state index is 0.00239. The van der Waals surface area contributed by atoms with Crippen LogP contribution in [0.4, 0.5) is 0 Å². The number of nitrogens with zero attached hydrogens (tertiary/aromatic N) is 1. The highest BCUT2D eigenvalue weighted by molar-refractivity contribution is 6.01. The van der Waals surface area contributed by atoms with Crippen molar-refractivity contribution in [2.24, 2.45) is 0 Å². The van der Waals surface area contributed by atoms with Gasteiger partial charge in [-0.3, -0.25) is 19.7 Å². The lowest BCUT2D eigenvalue weighted by molar-refractivity contribution is -0.136. The summed E-state index contributed by atoms with van der Waals surface area (Å²) in [4.78, 5) is 23.8. The smallest absolute Gasteiger partial charge is 0.303 e. The number of hydrogen-bond acceptors (Lipinski definition) is 2. The Bertz CT molecular complexity index is 971. The lowest BCUT2D eigenvalue weighted by atomic mass is 10.1. The summed E-state index contributed by atoms with van der Waals surface area (Å²) in [6.07, 6.45) is 0.326. The number of aryl methyl sites for hydroxylation is 3. The Balaban J connectivity index is 1.98. The highest BCUT2D eigenvalue weighted by Crippen LogP contribution is 2.23. The molecule has 0 atom stereocenters. The molecule has 0 spiro atoms. The number of aromatic nitrogens is 1. The van der Waals surface area contributed by atoms with Gasteiger partial charge < -0.3 is 5.11 Å². The number of amides is 1. The molecule has 5 heteroatoms. The summed E-state index contributed by atoms with van der Waals surface area (Å²) in [5.74, 6) is -1.10. The number of hydrogen-bond donors (Lipinski definition) is 2. The van der Waals surface area contributed by atoms with E-state index in [0.29, 0.717) is 12.0 Å². The lowest BCUT2D eigenvalue weighted by Gasteiger charge is -2.16. The molecule has 1 aromatic heterocycles. The molecule has 2 N–H and O–H groups in total. The van der Waals surface area contributed by atoms with E-state index in [1.54, 1.807) is 10.7 Å². The number of aliphatic carboxylic acids is 1. The van der Waals surface area contributed by atoms with Crippen LogP contribution in [0.1, 0.15) is 33.6 Å². The Kier molecular flexibility index (Phi) is 5.41.